The molecule has 0 spiro atoms. The van der Waals surface area contributed by atoms with Crippen LogP contribution in [0.3, 0.4) is 0 Å². The molecule has 0 N–H and O–H groups in total. The van der Waals surface area contributed by atoms with Crippen LogP contribution in [0.25, 0.3) is 0 Å². The molecule has 0 aliphatic rings. The van der Waals surface area contributed by atoms with Crippen molar-refractivity contribution in [2.45, 2.75) is 0 Å². The van der Waals surface area contributed by atoms with E-state index in [1.807, 2.05) is 0 Å². The molecule has 0 aromatic carbocycles. The minimum absolute atomic E-state index is 0. The zero-order valence-electron chi connectivity index (χ0n) is 1.53. The molecule has 0 amide bonds. The van der Waals surface area contributed by atoms with Gasteiger partial charge in [-0.2, -0.15) is 0 Å². The first-order valence-electron chi connectivity index (χ1n) is 0. The van der Waals surface area contributed by atoms with Crippen LogP contribution >= 0.6 is 0 Å². The molecule has 5 radical (unpaired) electrons. The monoisotopic (exact) mass is 337 g/mol. The summed E-state index contributed by atoms with van der Waals surface area (Å²) in [4.78, 5) is 0. The first-order valence-corrected chi connectivity index (χ1v) is 0. The standard InChI is InChI=1S/Ag.Cr.Ni.Sn. The molecular weight excluding hydrogens is 337 g/mol. The summed E-state index contributed by atoms with van der Waals surface area (Å²) in [5.74, 6) is 0. The molecular formula is AgCrNiSn. The van der Waals surface area contributed by atoms with E-state index in [1.54, 1.807) is 0 Å². The second kappa shape index (κ2) is 17.6. The van der Waals surface area contributed by atoms with Crippen molar-refractivity contribution in [2.24, 2.45) is 0 Å². The Balaban J connectivity index is 0. The molecule has 0 rings (SSSR count). The normalized spacial score (nSPS) is 0. The third-order valence-corrected chi connectivity index (χ3v) is 0. The zero-order chi connectivity index (χ0) is 0. The van der Waals surface area contributed by atoms with Crippen molar-refractivity contribution in [1.29, 1.82) is 0 Å². The van der Waals surface area contributed by atoms with E-state index in [2.05, 4.69) is 0 Å². The summed E-state index contributed by atoms with van der Waals surface area (Å²) in [7, 11) is 0. The summed E-state index contributed by atoms with van der Waals surface area (Å²) in [6.07, 6.45) is 0. The average molecular weight is 337 g/mol. The molecule has 0 aromatic rings. The Bertz CT molecular complexity index is 8.00. The van der Waals surface area contributed by atoms with E-state index in [0.717, 1.165) is 0 Å². The first kappa shape index (κ1) is 30.9. The van der Waals surface area contributed by atoms with E-state index in [1.165, 1.54) is 0 Å². The molecule has 0 unspecified atom stereocenters. The predicted molar refractivity (Wildman–Crippen MR) is 5.75 cm³/mol. The van der Waals surface area contributed by atoms with Gasteiger partial charge in [-0.3, -0.25) is 0 Å². The van der Waals surface area contributed by atoms with Crippen LogP contribution in [0.2, 0.25) is 0 Å². The van der Waals surface area contributed by atoms with Gasteiger partial charge in [0.15, 0.2) is 0 Å². The molecule has 0 aromatic heterocycles. The van der Waals surface area contributed by atoms with Gasteiger partial charge < -0.3 is 0 Å². The second-order valence-corrected chi connectivity index (χ2v) is 0. The summed E-state index contributed by atoms with van der Waals surface area (Å²) in [5.41, 5.74) is 0. The summed E-state index contributed by atoms with van der Waals surface area (Å²) < 4.78 is 0. The van der Waals surface area contributed by atoms with E-state index in [-0.39, 0.29) is 80.1 Å². The zero-order valence-corrected chi connectivity index (χ0v) is 8.12. The van der Waals surface area contributed by atoms with Crippen LogP contribution in [0.5, 0.6) is 0 Å². The quantitative estimate of drug-likeness (QED) is 0.529. The van der Waals surface area contributed by atoms with Crippen LogP contribution in [-0.2, 0) is 56.2 Å². The van der Waals surface area contributed by atoms with Crippen LogP contribution in [0, 0.1) is 0 Å². The summed E-state index contributed by atoms with van der Waals surface area (Å²) in [5, 5.41) is 0. The number of rotatable bonds is 0. The van der Waals surface area contributed by atoms with E-state index in [4.69, 9.17) is 0 Å². The van der Waals surface area contributed by atoms with Crippen molar-refractivity contribution in [3.05, 3.63) is 0 Å². The Morgan fingerprint density at radius 1 is 1.00 bits per heavy atom. The minimum Gasteiger partial charge on any atom is 0 e. The second-order valence-electron chi connectivity index (χ2n) is 0. The van der Waals surface area contributed by atoms with Gasteiger partial charge in [-0.25, -0.2) is 0 Å². The maximum atomic E-state index is 0. The fourth-order valence-electron chi connectivity index (χ4n) is 0. The van der Waals surface area contributed by atoms with Crippen molar-refractivity contribution in [2.75, 3.05) is 0 Å². The Labute approximate surface area is 79.0 Å². The van der Waals surface area contributed by atoms with Crippen LogP contribution in [-0.4, -0.2) is 23.9 Å². The maximum Gasteiger partial charge on any atom is 0 e. The van der Waals surface area contributed by atoms with Gasteiger partial charge in [0.2, 0.25) is 0 Å². The molecule has 4 heavy (non-hydrogen) atoms. The molecule has 0 bridgehead atoms. The third-order valence-electron chi connectivity index (χ3n) is 0. The molecule has 31 valence electrons. The van der Waals surface area contributed by atoms with E-state index in [9.17, 15) is 0 Å². The Hall–Kier alpha value is 2.56. The predicted octanol–water partition coefficient (Wildman–Crippen LogP) is -0.388. The van der Waals surface area contributed by atoms with Gasteiger partial charge in [0, 0.05) is 80.1 Å². The third kappa shape index (κ3) is 8.82. The molecule has 0 saturated heterocycles. The van der Waals surface area contributed by atoms with Gasteiger partial charge in [0.25, 0.3) is 0 Å². The summed E-state index contributed by atoms with van der Waals surface area (Å²) in [6.45, 7) is 0. The van der Waals surface area contributed by atoms with Crippen LogP contribution in [0.15, 0.2) is 0 Å². The van der Waals surface area contributed by atoms with Gasteiger partial charge in [-0.1, -0.05) is 0 Å². The first-order chi connectivity index (χ1) is 0. The Morgan fingerprint density at radius 3 is 1.00 bits per heavy atom. The molecule has 0 heterocycles. The minimum atomic E-state index is 0. The molecule has 0 saturated carbocycles. The van der Waals surface area contributed by atoms with Crippen molar-refractivity contribution in [1.82, 2.24) is 0 Å². The Morgan fingerprint density at radius 2 is 1.00 bits per heavy atom. The molecule has 0 aliphatic heterocycles. The van der Waals surface area contributed by atoms with Crippen molar-refractivity contribution >= 4 is 23.9 Å². The van der Waals surface area contributed by atoms with Crippen LogP contribution < -0.4 is 0 Å². The molecule has 0 nitrogen and oxygen atoms in total. The van der Waals surface area contributed by atoms with Gasteiger partial charge in [-0.05, 0) is 0 Å². The van der Waals surface area contributed by atoms with E-state index >= 15 is 0 Å². The molecule has 0 atom stereocenters. The SMILES string of the molecule is [Ag].[Cr].[Ni].[Sn]. The number of hydrogen-bond acceptors (Lipinski definition) is 0. The van der Waals surface area contributed by atoms with Crippen molar-refractivity contribution < 1.29 is 56.2 Å². The smallest absolute Gasteiger partial charge is 0 e. The van der Waals surface area contributed by atoms with Gasteiger partial charge >= 0.3 is 0 Å². The summed E-state index contributed by atoms with van der Waals surface area (Å²) >= 11 is 0. The maximum absolute atomic E-state index is 0. The van der Waals surface area contributed by atoms with Gasteiger partial charge in [0.05, 0.1) is 0 Å². The van der Waals surface area contributed by atoms with Crippen LogP contribution in [0.4, 0.5) is 0 Å². The molecule has 0 fully saturated rings. The topological polar surface area (TPSA) is 0 Å². The average Bonchev–Trinajstić information content (AvgIpc) is 0. The number of hydrogen-bond donors (Lipinski definition) is 0. The summed E-state index contributed by atoms with van der Waals surface area (Å²) in [6, 6.07) is 0. The van der Waals surface area contributed by atoms with Gasteiger partial charge in [0.1, 0.15) is 0 Å². The fraction of sp³-hybridized carbons (Fsp3) is 0. The van der Waals surface area contributed by atoms with Crippen molar-refractivity contribution in [3.63, 3.8) is 0 Å². The largest absolute Gasteiger partial charge is 0 e. The molecule has 4 heteroatoms. The fourth-order valence-corrected chi connectivity index (χ4v) is 0. The van der Waals surface area contributed by atoms with Crippen LogP contribution in [0.1, 0.15) is 0 Å². The van der Waals surface area contributed by atoms with E-state index in [0.29, 0.717) is 0 Å². The van der Waals surface area contributed by atoms with E-state index < -0.39 is 0 Å². The van der Waals surface area contributed by atoms with Crippen molar-refractivity contribution in [3.8, 4) is 0 Å². The van der Waals surface area contributed by atoms with Gasteiger partial charge in [-0.15, -0.1) is 0 Å². The Kier molecular flexibility index (Phi) is 136. The molecule has 0 aliphatic carbocycles.